The fourth-order valence-electron chi connectivity index (χ4n) is 1.49. The van der Waals surface area contributed by atoms with Gasteiger partial charge in [-0.1, -0.05) is 35.3 Å². The first-order valence-corrected chi connectivity index (χ1v) is 6.72. The summed E-state index contributed by atoms with van der Waals surface area (Å²) in [6, 6.07) is 6.22. The van der Waals surface area contributed by atoms with Gasteiger partial charge in [-0.3, -0.25) is 4.79 Å². The van der Waals surface area contributed by atoms with E-state index in [9.17, 15) is 9.59 Å². The molecule has 0 aliphatic rings. The van der Waals surface area contributed by atoms with Gasteiger partial charge in [0.2, 0.25) is 0 Å². The van der Waals surface area contributed by atoms with Crippen LogP contribution in [0.4, 0.5) is 0 Å². The van der Waals surface area contributed by atoms with Crippen molar-refractivity contribution in [2.75, 3.05) is 6.61 Å². The van der Waals surface area contributed by atoms with E-state index in [-0.39, 0.29) is 6.61 Å². The van der Waals surface area contributed by atoms with Gasteiger partial charge in [-0.15, -0.1) is 0 Å². The second-order valence-electron chi connectivity index (χ2n) is 3.99. The third-order valence-electron chi connectivity index (χ3n) is 2.38. The third kappa shape index (κ3) is 5.74. The van der Waals surface area contributed by atoms with Crippen LogP contribution in [0.15, 0.2) is 28.7 Å². The molecule has 1 aromatic rings. The maximum Gasteiger partial charge on any atom is 0.326 e. The van der Waals surface area contributed by atoms with Gasteiger partial charge in [0, 0.05) is 4.47 Å². The van der Waals surface area contributed by atoms with E-state index >= 15 is 0 Å². The van der Waals surface area contributed by atoms with Crippen molar-refractivity contribution in [1.82, 2.24) is 5.32 Å². The molecule has 0 radical (unpaired) electrons. The summed E-state index contributed by atoms with van der Waals surface area (Å²) in [6.45, 7) is 1.66. The Hall–Kier alpha value is -1.56. The zero-order valence-electron chi connectivity index (χ0n) is 10.6. The van der Waals surface area contributed by atoms with E-state index in [0.29, 0.717) is 18.6 Å². The number of carboxylic acid groups (broad SMARTS) is 1. The monoisotopic (exact) mass is 329 g/mol. The van der Waals surface area contributed by atoms with Crippen molar-refractivity contribution in [3.8, 4) is 5.75 Å². The highest BCUT2D eigenvalue weighted by Crippen LogP contribution is 2.17. The summed E-state index contributed by atoms with van der Waals surface area (Å²) in [7, 11) is 0. The Morgan fingerprint density at radius 1 is 1.47 bits per heavy atom. The highest BCUT2D eigenvalue weighted by molar-refractivity contribution is 9.10. The summed E-state index contributed by atoms with van der Waals surface area (Å²) in [5.41, 5.74) is 0. The van der Waals surface area contributed by atoms with E-state index in [1.165, 1.54) is 0 Å². The molecule has 0 aromatic heterocycles. The van der Waals surface area contributed by atoms with Crippen LogP contribution in [0.25, 0.3) is 0 Å². The minimum absolute atomic E-state index is 0.204. The molecule has 0 heterocycles. The van der Waals surface area contributed by atoms with Gasteiger partial charge in [-0.05, 0) is 24.6 Å². The molecule has 1 amide bonds. The Labute approximate surface area is 120 Å². The Morgan fingerprint density at radius 2 is 2.21 bits per heavy atom. The molecule has 0 spiro atoms. The van der Waals surface area contributed by atoms with Crippen molar-refractivity contribution >= 4 is 27.8 Å². The number of carboxylic acids is 1. The van der Waals surface area contributed by atoms with Crippen LogP contribution in [0.1, 0.15) is 19.8 Å². The van der Waals surface area contributed by atoms with Crippen molar-refractivity contribution in [3.05, 3.63) is 28.7 Å². The van der Waals surface area contributed by atoms with Crippen LogP contribution in [0.2, 0.25) is 0 Å². The quantitative estimate of drug-likeness (QED) is 0.804. The molecular weight excluding hydrogens is 314 g/mol. The fourth-order valence-corrected chi connectivity index (χ4v) is 1.87. The smallest absolute Gasteiger partial charge is 0.326 e. The number of nitrogens with one attached hydrogen (secondary N) is 1. The maximum absolute atomic E-state index is 11.6. The van der Waals surface area contributed by atoms with Crippen molar-refractivity contribution in [3.63, 3.8) is 0 Å². The zero-order chi connectivity index (χ0) is 14.3. The summed E-state index contributed by atoms with van der Waals surface area (Å²) < 4.78 is 6.12. The number of halogens is 1. The lowest BCUT2D eigenvalue weighted by Gasteiger charge is -2.13. The van der Waals surface area contributed by atoms with Gasteiger partial charge in [0.25, 0.3) is 5.91 Å². The molecule has 5 nitrogen and oxygen atoms in total. The first-order chi connectivity index (χ1) is 9.02. The SMILES string of the molecule is CCC[C@@H](NC(=O)COc1cccc(Br)c1)C(=O)O. The van der Waals surface area contributed by atoms with Gasteiger partial charge >= 0.3 is 5.97 Å². The molecular formula is C13H16BrNO4. The number of benzene rings is 1. The average molecular weight is 330 g/mol. The fraction of sp³-hybridized carbons (Fsp3) is 0.385. The number of carbonyl (C=O) groups is 2. The topological polar surface area (TPSA) is 75.6 Å². The number of rotatable bonds is 7. The van der Waals surface area contributed by atoms with Crippen LogP contribution < -0.4 is 10.1 Å². The van der Waals surface area contributed by atoms with E-state index in [4.69, 9.17) is 9.84 Å². The predicted octanol–water partition coefficient (Wildman–Crippen LogP) is 2.20. The lowest BCUT2D eigenvalue weighted by molar-refractivity contribution is -0.142. The van der Waals surface area contributed by atoms with Gasteiger partial charge in [0.15, 0.2) is 6.61 Å². The number of amides is 1. The minimum Gasteiger partial charge on any atom is -0.484 e. The van der Waals surface area contributed by atoms with E-state index in [1.54, 1.807) is 18.2 Å². The Morgan fingerprint density at radius 3 is 2.79 bits per heavy atom. The second-order valence-corrected chi connectivity index (χ2v) is 4.91. The van der Waals surface area contributed by atoms with Gasteiger partial charge in [0.05, 0.1) is 0 Å². The van der Waals surface area contributed by atoms with Crippen LogP contribution >= 0.6 is 15.9 Å². The molecule has 0 saturated heterocycles. The zero-order valence-corrected chi connectivity index (χ0v) is 12.1. The van der Waals surface area contributed by atoms with Gasteiger partial charge in [-0.2, -0.15) is 0 Å². The molecule has 2 N–H and O–H groups in total. The van der Waals surface area contributed by atoms with Gasteiger partial charge < -0.3 is 15.2 Å². The molecule has 1 rings (SSSR count). The first kappa shape index (κ1) is 15.5. The normalized spacial score (nSPS) is 11.7. The van der Waals surface area contributed by atoms with E-state index in [0.717, 1.165) is 4.47 Å². The highest BCUT2D eigenvalue weighted by Gasteiger charge is 2.18. The van der Waals surface area contributed by atoms with Crippen LogP contribution in [0.3, 0.4) is 0 Å². The Balaban J connectivity index is 2.44. The minimum atomic E-state index is -1.03. The van der Waals surface area contributed by atoms with E-state index in [1.807, 2.05) is 13.0 Å². The molecule has 0 fully saturated rings. The molecule has 0 bridgehead atoms. The summed E-state index contributed by atoms with van der Waals surface area (Å²) in [5.74, 6) is -0.926. The van der Waals surface area contributed by atoms with Gasteiger partial charge in [0.1, 0.15) is 11.8 Å². The summed E-state index contributed by atoms with van der Waals surface area (Å²) in [6.07, 6.45) is 1.09. The number of carbonyl (C=O) groups excluding carboxylic acids is 1. The Kier molecular flexibility index (Phi) is 6.35. The van der Waals surface area contributed by atoms with Crippen LogP contribution in [0, 0.1) is 0 Å². The third-order valence-corrected chi connectivity index (χ3v) is 2.87. The van der Waals surface area contributed by atoms with E-state index in [2.05, 4.69) is 21.2 Å². The number of hydrogen-bond donors (Lipinski definition) is 2. The molecule has 104 valence electrons. The number of aliphatic carboxylic acids is 1. The average Bonchev–Trinajstić information content (AvgIpc) is 2.36. The highest BCUT2D eigenvalue weighted by atomic mass is 79.9. The van der Waals surface area contributed by atoms with Crippen molar-refractivity contribution in [2.45, 2.75) is 25.8 Å². The maximum atomic E-state index is 11.6. The molecule has 0 unspecified atom stereocenters. The van der Waals surface area contributed by atoms with Crippen molar-refractivity contribution in [1.29, 1.82) is 0 Å². The van der Waals surface area contributed by atoms with Crippen molar-refractivity contribution < 1.29 is 19.4 Å². The summed E-state index contributed by atoms with van der Waals surface area (Å²) in [4.78, 5) is 22.5. The van der Waals surface area contributed by atoms with Crippen LogP contribution in [-0.2, 0) is 9.59 Å². The van der Waals surface area contributed by atoms with Gasteiger partial charge in [-0.25, -0.2) is 4.79 Å². The molecule has 0 aliphatic carbocycles. The van der Waals surface area contributed by atoms with Crippen molar-refractivity contribution in [2.24, 2.45) is 0 Å². The summed E-state index contributed by atoms with van der Waals surface area (Å²) >= 11 is 3.29. The lowest BCUT2D eigenvalue weighted by atomic mass is 10.2. The molecule has 0 saturated carbocycles. The molecule has 0 aliphatic heterocycles. The van der Waals surface area contributed by atoms with E-state index < -0.39 is 17.9 Å². The van der Waals surface area contributed by atoms with Crippen LogP contribution in [-0.4, -0.2) is 29.6 Å². The first-order valence-electron chi connectivity index (χ1n) is 5.93. The standard InChI is InChI=1S/C13H16BrNO4/c1-2-4-11(13(17)18)15-12(16)8-19-10-6-3-5-9(14)7-10/h3,5-7,11H,2,4,8H2,1H3,(H,15,16)(H,17,18)/t11-/m1/s1. The number of ether oxygens (including phenoxy) is 1. The van der Waals surface area contributed by atoms with Crippen LogP contribution in [0.5, 0.6) is 5.75 Å². The Bertz CT molecular complexity index is 450. The largest absolute Gasteiger partial charge is 0.484 e. The lowest BCUT2D eigenvalue weighted by Crippen LogP contribution is -2.42. The second kappa shape index (κ2) is 7.78. The molecule has 6 heteroatoms. The summed E-state index contributed by atoms with van der Waals surface area (Å²) in [5, 5.41) is 11.3. The molecule has 1 atom stereocenters. The molecule has 19 heavy (non-hydrogen) atoms. The number of hydrogen-bond acceptors (Lipinski definition) is 3. The molecule has 1 aromatic carbocycles. The predicted molar refractivity (Wildman–Crippen MR) is 74.1 cm³/mol.